The molecule has 29 heavy (non-hydrogen) atoms. The van der Waals surface area contributed by atoms with Crippen LogP contribution >= 0.6 is 0 Å². The first-order valence-corrected chi connectivity index (χ1v) is 9.78. The minimum Gasteiger partial charge on any atom is -0.384 e. The maximum atomic E-state index is 7.70. The topological polar surface area (TPSA) is 107 Å². The van der Waals surface area contributed by atoms with Gasteiger partial charge in [-0.15, -0.1) is 0 Å². The van der Waals surface area contributed by atoms with E-state index in [-0.39, 0.29) is 5.84 Å². The average Bonchev–Trinajstić information content (AvgIpc) is 3.10. The minimum absolute atomic E-state index is 0.0990. The number of hydrogen-bond acceptors (Lipinski definition) is 3. The fourth-order valence-corrected chi connectivity index (χ4v) is 3.18. The smallest absolute Gasteiger partial charge is 0.122 e. The lowest BCUT2D eigenvalue weighted by molar-refractivity contribution is 0.747. The predicted molar refractivity (Wildman–Crippen MR) is 128 cm³/mol. The van der Waals surface area contributed by atoms with Gasteiger partial charge in [0.2, 0.25) is 0 Å². The van der Waals surface area contributed by atoms with E-state index in [1.807, 2.05) is 57.2 Å². The molecule has 7 N–H and O–H groups in total. The van der Waals surface area contributed by atoms with Crippen LogP contribution in [-0.4, -0.2) is 10.4 Å². The molecule has 3 aromatic rings. The molecule has 0 amide bonds. The van der Waals surface area contributed by atoms with E-state index in [0.29, 0.717) is 0 Å². The highest BCUT2D eigenvalue weighted by molar-refractivity contribution is 6.10. The zero-order chi connectivity index (χ0) is 21.8. The fraction of sp³-hybridized carbons (Fsp3) is 0.208. The lowest BCUT2D eigenvalue weighted by atomic mass is 10.1. The molecule has 0 aliphatic rings. The Morgan fingerprint density at radius 2 is 1.72 bits per heavy atom. The standard InChI is InChI=1S/C22H23N3.C2H6.H4N2/c1-3-5-8-16(4-2)13-14-25-20-10-7-6-9-18(20)19-15-17(22(23)24)11-12-21(19)25;2*1-2/h3-12,15H,2,13-14H2,1H3,(H3,23,24);1-2H3;1-2H2/b5-3-,16-8+;;. The van der Waals surface area contributed by atoms with E-state index >= 15 is 0 Å². The van der Waals surface area contributed by atoms with Gasteiger partial charge in [-0.05, 0) is 43.2 Å². The number of nitrogens with one attached hydrogen (secondary N) is 1. The van der Waals surface area contributed by atoms with Crippen LogP contribution in [0.4, 0.5) is 0 Å². The number of aryl methyl sites for hydroxylation is 1. The summed E-state index contributed by atoms with van der Waals surface area (Å²) >= 11 is 0. The van der Waals surface area contributed by atoms with Crippen LogP contribution in [0.2, 0.25) is 0 Å². The lowest BCUT2D eigenvalue weighted by Gasteiger charge is -2.08. The normalized spacial score (nSPS) is 11.0. The largest absolute Gasteiger partial charge is 0.384 e. The molecule has 0 spiro atoms. The van der Waals surface area contributed by atoms with Gasteiger partial charge in [0.1, 0.15) is 5.84 Å². The zero-order valence-corrected chi connectivity index (χ0v) is 17.7. The number of aromatic nitrogens is 1. The van der Waals surface area contributed by atoms with Crippen molar-refractivity contribution in [1.82, 2.24) is 4.57 Å². The molecule has 0 aliphatic carbocycles. The van der Waals surface area contributed by atoms with Gasteiger partial charge in [0.15, 0.2) is 0 Å². The van der Waals surface area contributed by atoms with Crippen molar-refractivity contribution in [3.8, 4) is 0 Å². The molecular weight excluding hydrogens is 358 g/mol. The molecule has 3 rings (SSSR count). The second-order valence-corrected chi connectivity index (χ2v) is 6.04. The minimum atomic E-state index is 0.0990. The van der Waals surface area contributed by atoms with Crippen LogP contribution in [0, 0.1) is 5.41 Å². The summed E-state index contributed by atoms with van der Waals surface area (Å²) in [5, 5.41) is 10.0. The number of rotatable bonds is 6. The number of allylic oxidation sites excluding steroid dienone is 5. The number of fused-ring (bicyclic) bond motifs is 3. The van der Waals surface area contributed by atoms with Crippen LogP contribution in [0.15, 0.2) is 78.9 Å². The second kappa shape index (κ2) is 12.3. The van der Waals surface area contributed by atoms with E-state index in [9.17, 15) is 0 Å². The molecule has 0 bridgehead atoms. The Bertz CT molecular complexity index is 1010. The van der Waals surface area contributed by atoms with Gasteiger partial charge in [-0.2, -0.15) is 0 Å². The Morgan fingerprint density at radius 1 is 1.07 bits per heavy atom. The summed E-state index contributed by atoms with van der Waals surface area (Å²) < 4.78 is 2.33. The van der Waals surface area contributed by atoms with E-state index in [0.717, 1.165) is 23.9 Å². The number of amidine groups is 1. The molecule has 5 heteroatoms. The molecule has 0 saturated heterocycles. The van der Waals surface area contributed by atoms with E-state index in [1.165, 1.54) is 22.0 Å². The van der Waals surface area contributed by atoms with Crippen LogP contribution in [0.3, 0.4) is 0 Å². The lowest BCUT2D eigenvalue weighted by Crippen LogP contribution is -2.10. The van der Waals surface area contributed by atoms with Gasteiger partial charge < -0.3 is 10.3 Å². The number of hydrazine groups is 1. The van der Waals surface area contributed by atoms with Gasteiger partial charge >= 0.3 is 0 Å². The Labute approximate surface area is 173 Å². The van der Waals surface area contributed by atoms with Gasteiger partial charge in [-0.3, -0.25) is 17.1 Å². The van der Waals surface area contributed by atoms with Crippen LogP contribution in [0.25, 0.3) is 21.8 Å². The first-order chi connectivity index (χ1) is 14.2. The summed E-state index contributed by atoms with van der Waals surface area (Å²) in [7, 11) is 0. The molecule has 0 unspecified atom stereocenters. The maximum Gasteiger partial charge on any atom is 0.122 e. The zero-order valence-electron chi connectivity index (χ0n) is 17.7. The van der Waals surface area contributed by atoms with Crippen LogP contribution < -0.4 is 17.4 Å². The third-order valence-electron chi connectivity index (χ3n) is 4.47. The van der Waals surface area contributed by atoms with Crippen molar-refractivity contribution < 1.29 is 0 Å². The Hall–Kier alpha value is -3.15. The summed E-state index contributed by atoms with van der Waals surface area (Å²) in [4.78, 5) is 0. The van der Waals surface area contributed by atoms with E-state index < -0.39 is 0 Å². The number of nitrogen functional groups attached to an aromatic ring is 1. The van der Waals surface area contributed by atoms with E-state index in [2.05, 4.69) is 53.2 Å². The third kappa shape index (κ3) is 5.67. The summed E-state index contributed by atoms with van der Waals surface area (Å²) in [6.07, 6.45) is 9.00. The molecule has 0 atom stereocenters. The average molecular weight is 392 g/mol. The highest BCUT2D eigenvalue weighted by atomic mass is 15.0. The molecule has 0 fully saturated rings. The Balaban J connectivity index is 0.000000989. The van der Waals surface area contributed by atoms with Crippen molar-refractivity contribution in [1.29, 1.82) is 5.41 Å². The molecule has 5 nitrogen and oxygen atoms in total. The van der Waals surface area contributed by atoms with Crippen molar-refractivity contribution in [3.05, 3.63) is 84.5 Å². The van der Waals surface area contributed by atoms with Gasteiger partial charge in [0, 0.05) is 33.9 Å². The van der Waals surface area contributed by atoms with Crippen LogP contribution in [0.1, 0.15) is 32.8 Å². The predicted octanol–water partition coefficient (Wildman–Crippen LogP) is 5.00. The molecule has 2 aromatic carbocycles. The third-order valence-corrected chi connectivity index (χ3v) is 4.47. The highest BCUT2D eigenvalue weighted by Gasteiger charge is 2.11. The van der Waals surface area contributed by atoms with Gasteiger partial charge in [0.25, 0.3) is 0 Å². The van der Waals surface area contributed by atoms with Crippen molar-refractivity contribution in [3.63, 3.8) is 0 Å². The maximum absolute atomic E-state index is 7.70. The fourth-order valence-electron chi connectivity index (χ4n) is 3.18. The number of nitrogens with two attached hydrogens (primary N) is 3. The summed E-state index contributed by atoms with van der Waals surface area (Å²) in [5.41, 5.74) is 10.0. The Kier molecular flexibility index (Phi) is 10.2. The monoisotopic (exact) mass is 391 g/mol. The van der Waals surface area contributed by atoms with Crippen LogP contribution in [-0.2, 0) is 6.54 Å². The molecule has 0 saturated carbocycles. The van der Waals surface area contributed by atoms with E-state index in [4.69, 9.17) is 11.1 Å². The number of hydrogen-bond donors (Lipinski definition) is 4. The summed E-state index contributed by atoms with van der Waals surface area (Å²) in [6.45, 7) is 10.8. The van der Waals surface area contributed by atoms with Gasteiger partial charge in [0.05, 0.1) is 0 Å². The molecule has 1 heterocycles. The van der Waals surface area contributed by atoms with Crippen molar-refractivity contribution in [2.75, 3.05) is 0 Å². The highest BCUT2D eigenvalue weighted by Crippen LogP contribution is 2.30. The van der Waals surface area contributed by atoms with Crippen LogP contribution in [0.5, 0.6) is 0 Å². The van der Waals surface area contributed by atoms with Gasteiger partial charge in [-0.25, -0.2) is 0 Å². The quantitative estimate of drug-likeness (QED) is 0.156. The molecular formula is C24H33N5. The van der Waals surface area contributed by atoms with Crippen molar-refractivity contribution >= 4 is 27.6 Å². The Morgan fingerprint density at radius 3 is 2.34 bits per heavy atom. The SMILES string of the molecule is C=C/C(=C\C=C/C)CCn1c2ccccc2c2cc(C(=N)N)ccc21.CC.NN. The first kappa shape index (κ1) is 23.9. The van der Waals surface area contributed by atoms with Gasteiger partial charge in [-0.1, -0.05) is 62.9 Å². The number of para-hydroxylation sites is 1. The van der Waals surface area contributed by atoms with E-state index in [1.54, 1.807) is 0 Å². The molecule has 0 aliphatic heterocycles. The first-order valence-electron chi connectivity index (χ1n) is 9.78. The molecule has 1 aromatic heterocycles. The van der Waals surface area contributed by atoms with Crippen molar-refractivity contribution in [2.45, 2.75) is 33.7 Å². The summed E-state index contributed by atoms with van der Waals surface area (Å²) in [6, 6.07) is 14.4. The molecule has 154 valence electrons. The summed E-state index contributed by atoms with van der Waals surface area (Å²) in [5.74, 6) is 8.10. The molecule has 0 radical (unpaired) electrons. The number of nitrogens with zero attached hydrogens (tertiary/aromatic N) is 1. The number of benzene rings is 2. The second-order valence-electron chi connectivity index (χ2n) is 6.04. The van der Waals surface area contributed by atoms with Crippen molar-refractivity contribution in [2.24, 2.45) is 17.4 Å².